The third kappa shape index (κ3) is 3.88. The summed E-state index contributed by atoms with van der Waals surface area (Å²) in [5.74, 6) is -0.697. The van der Waals surface area contributed by atoms with Crippen molar-refractivity contribution in [3.8, 4) is 0 Å². The SMILES string of the molecule is C=CCO[C@@H](C[N+](=O)[O-])[C@H]1COC(C)(C)O1. The summed E-state index contributed by atoms with van der Waals surface area (Å²) >= 11 is 0. The Kier molecular flexibility index (Phi) is 4.40. The quantitative estimate of drug-likeness (QED) is 0.387. The average molecular weight is 231 g/mol. The summed E-state index contributed by atoms with van der Waals surface area (Å²) in [4.78, 5) is 10.1. The van der Waals surface area contributed by atoms with Crippen LogP contribution in [0.4, 0.5) is 0 Å². The third-order valence-corrected chi connectivity index (χ3v) is 2.20. The smallest absolute Gasteiger partial charge is 0.232 e. The van der Waals surface area contributed by atoms with E-state index in [0.29, 0.717) is 6.61 Å². The van der Waals surface area contributed by atoms with Crippen molar-refractivity contribution in [2.45, 2.75) is 31.8 Å². The van der Waals surface area contributed by atoms with E-state index in [9.17, 15) is 10.1 Å². The highest BCUT2D eigenvalue weighted by Crippen LogP contribution is 2.25. The summed E-state index contributed by atoms with van der Waals surface area (Å²) in [6, 6.07) is 0. The molecule has 1 aliphatic rings. The van der Waals surface area contributed by atoms with E-state index in [0.717, 1.165) is 0 Å². The topological polar surface area (TPSA) is 70.8 Å². The Morgan fingerprint density at radius 2 is 2.44 bits per heavy atom. The molecule has 16 heavy (non-hydrogen) atoms. The summed E-state index contributed by atoms with van der Waals surface area (Å²) in [5.41, 5.74) is 0. The molecule has 0 spiro atoms. The second kappa shape index (κ2) is 5.38. The van der Waals surface area contributed by atoms with Crippen molar-refractivity contribution < 1.29 is 19.1 Å². The fourth-order valence-corrected chi connectivity index (χ4v) is 1.51. The van der Waals surface area contributed by atoms with Crippen LogP contribution in [0.1, 0.15) is 13.8 Å². The van der Waals surface area contributed by atoms with Crippen molar-refractivity contribution in [1.82, 2.24) is 0 Å². The molecule has 1 fully saturated rings. The lowest BCUT2D eigenvalue weighted by atomic mass is 10.2. The minimum Gasteiger partial charge on any atom is -0.364 e. The van der Waals surface area contributed by atoms with Crippen LogP contribution in [-0.4, -0.2) is 42.7 Å². The zero-order valence-electron chi connectivity index (χ0n) is 9.55. The van der Waals surface area contributed by atoms with Crippen LogP contribution in [0.25, 0.3) is 0 Å². The van der Waals surface area contributed by atoms with Gasteiger partial charge in [0.1, 0.15) is 6.10 Å². The zero-order chi connectivity index (χ0) is 12.2. The Balaban J connectivity index is 2.54. The van der Waals surface area contributed by atoms with Crippen molar-refractivity contribution >= 4 is 0 Å². The van der Waals surface area contributed by atoms with Gasteiger partial charge in [-0.2, -0.15) is 0 Å². The Labute approximate surface area is 94.3 Å². The highest BCUT2D eigenvalue weighted by atomic mass is 16.7. The lowest BCUT2D eigenvalue weighted by Crippen LogP contribution is -2.38. The van der Waals surface area contributed by atoms with Gasteiger partial charge in [-0.3, -0.25) is 10.1 Å². The van der Waals surface area contributed by atoms with Gasteiger partial charge in [-0.15, -0.1) is 6.58 Å². The Morgan fingerprint density at radius 1 is 1.75 bits per heavy atom. The Bertz CT molecular complexity index is 266. The molecule has 6 heteroatoms. The molecule has 0 amide bonds. The molecule has 0 aromatic rings. The first-order valence-electron chi connectivity index (χ1n) is 5.10. The largest absolute Gasteiger partial charge is 0.364 e. The summed E-state index contributed by atoms with van der Waals surface area (Å²) < 4.78 is 16.2. The van der Waals surface area contributed by atoms with Gasteiger partial charge in [-0.05, 0) is 13.8 Å². The second-order valence-corrected chi connectivity index (χ2v) is 4.04. The van der Waals surface area contributed by atoms with Crippen LogP contribution in [0.2, 0.25) is 0 Å². The summed E-state index contributed by atoms with van der Waals surface area (Å²) in [6.07, 6.45) is 0.545. The molecule has 0 N–H and O–H groups in total. The highest BCUT2D eigenvalue weighted by molar-refractivity contribution is 4.79. The van der Waals surface area contributed by atoms with Gasteiger partial charge in [-0.25, -0.2) is 0 Å². The maximum atomic E-state index is 10.5. The van der Waals surface area contributed by atoms with E-state index in [1.807, 2.05) is 0 Å². The van der Waals surface area contributed by atoms with E-state index in [2.05, 4.69) is 6.58 Å². The van der Waals surface area contributed by atoms with Crippen molar-refractivity contribution in [2.75, 3.05) is 19.8 Å². The van der Waals surface area contributed by atoms with Crippen molar-refractivity contribution in [1.29, 1.82) is 0 Å². The van der Waals surface area contributed by atoms with E-state index < -0.39 is 22.9 Å². The highest BCUT2D eigenvalue weighted by Gasteiger charge is 2.39. The molecule has 1 aliphatic heterocycles. The summed E-state index contributed by atoms with van der Waals surface area (Å²) in [6.45, 7) is 7.31. The molecule has 92 valence electrons. The van der Waals surface area contributed by atoms with Crippen LogP contribution in [0.3, 0.4) is 0 Å². The summed E-state index contributed by atoms with van der Waals surface area (Å²) in [7, 11) is 0. The standard InChI is InChI=1S/C10H17NO5/c1-4-5-14-8(6-11(12)13)9-7-15-10(2,3)16-9/h4,8-9H,1,5-7H2,2-3H3/t8-,9+/m0/s1. The van der Waals surface area contributed by atoms with E-state index in [1.165, 1.54) is 0 Å². The second-order valence-electron chi connectivity index (χ2n) is 4.04. The number of ether oxygens (including phenoxy) is 3. The van der Waals surface area contributed by atoms with Gasteiger partial charge in [0.25, 0.3) is 0 Å². The number of nitro groups is 1. The van der Waals surface area contributed by atoms with Crippen LogP contribution >= 0.6 is 0 Å². The lowest BCUT2D eigenvalue weighted by molar-refractivity contribution is -0.494. The molecule has 1 heterocycles. The van der Waals surface area contributed by atoms with Crippen LogP contribution in [0.15, 0.2) is 12.7 Å². The van der Waals surface area contributed by atoms with E-state index in [-0.39, 0.29) is 13.2 Å². The van der Waals surface area contributed by atoms with Crippen molar-refractivity contribution in [3.63, 3.8) is 0 Å². The molecule has 1 saturated heterocycles. The fraction of sp³-hybridized carbons (Fsp3) is 0.800. The van der Waals surface area contributed by atoms with Gasteiger partial charge in [0, 0.05) is 4.92 Å². The molecule has 0 aliphatic carbocycles. The first-order chi connectivity index (χ1) is 7.44. The van der Waals surface area contributed by atoms with Crippen LogP contribution in [0, 0.1) is 10.1 Å². The molecule has 0 saturated carbocycles. The van der Waals surface area contributed by atoms with Gasteiger partial charge >= 0.3 is 0 Å². The maximum absolute atomic E-state index is 10.5. The molecule has 0 bridgehead atoms. The van der Waals surface area contributed by atoms with Crippen LogP contribution in [-0.2, 0) is 14.2 Å². The molecule has 0 aromatic carbocycles. The van der Waals surface area contributed by atoms with Gasteiger partial charge in [0.05, 0.1) is 13.2 Å². The van der Waals surface area contributed by atoms with Crippen molar-refractivity contribution in [3.05, 3.63) is 22.8 Å². The summed E-state index contributed by atoms with van der Waals surface area (Å²) in [5, 5.41) is 10.5. The Morgan fingerprint density at radius 3 is 2.88 bits per heavy atom. The molecule has 0 unspecified atom stereocenters. The van der Waals surface area contributed by atoms with Gasteiger partial charge < -0.3 is 14.2 Å². The monoisotopic (exact) mass is 231 g/mol. The number of hydrogen-bond donors (Lipinski definition) is 0. The van der Waals surface area contributed by atoms with Crippen LogP contribution in [0.5, 0.6) is 0 Å². The third-order valence-electron chi connectivity index (χ3n) is 2.20. The number of rotatable bonds is 6. The normalized spacial score (nSPS) is 25.2. The zero-order valence-corrected chi connectivity index (χ0v) is 9.55. The molecule has 6 nitrogen and oxygen atoms in total. The predicted molar refractivity (Wildman–Crippen MR) is 56.7 cm³/mol. The fourth-order valence-electron chi connectivity index (χ4n) is 1.51. The van der Waals surface area contributed by atoms with Gasteiger partial charge in [-0.1, -0.05) is 6.08 Å². The molecule has 1 rings (SSSR count). The number of hydrogen-bond acceptors (Lipinski definition) is 5. The maximum Gasteiger partial charge on any atom is 0.232 e. The average Bonchev–Trinajstić information content (AvgIpc) is 2.52. The van der Waals surface area contributed by atoms with Crippen LogP contribution < -0.4 is 0 Å². The van der Waals surface area contributed by atoms with E-state index in [4.69, 9.17) is 14.2 Å². The molecule has 0 radical (unpaired) electrons. The number of nitrogens with zero attached hydrogens (tertiary/aromatic N) is 1. The van der Waals surface area contributed by atoms with Crippen molar-refractivity contribution in [2.24, 2.45) is 0 Å². The first kappa shape index (κ1) is 13.1. The Hall–Kier alpha value is -0.980. The molecular weight excluding hydrogens is 214 g/mol. The minimum atomic E-state index is -0.697. The predicted octanol–water partition coefficient (Wildman–Crippen LogP) is 0.986. The molecule has 2 atom stereocenters. The lowest BCUT2D eigenvalue weighted by Gasteiger charge is -2.21. The molecular formula is C10H17NO5. The minimum absolute atomic E-state index is 0.263. The van der Waals surface area contributed by atoms with Gasteiger partial charge in [0.15, 0.2) is 11.9 Å². The van der Waals surface area contributed by atoms with Gasteiger partial charge in [0.2, 0.25) is 6.54 Å². The van der Waals surface area contributed by atoms with E-state index >= 15 is 0 Å². The first-order valence-corrected chi connectivity index (χ1v) is 5.10. The van der Waals surface area contributed by atoms with E-state index in [1.54, 1.807) is 19.9 Å². The molecule has 0 aromatic heterocycles.